The van der Waals surface area contributed by atoms with Crippen LogP contribution < -0.4 is 5.32 Å². The van der Waals surface area contributed by atoms with Crippen molar-refractivity contribution in [2.75, 3.05) is 13.1 Å². The van der Waals surface area contributed by atoms with E-state index in [1.807, 2.05) is 4.90 Å². The molecule has 0 aromatic heterocycles. The Morgan fingerprint density at radius 1 is 1.35 bits per heavy atom. The van der Waals surface area contributed by atoms with Crippen molar-refractivity contribution in [1.82, 2.24) is 10.2 Å². The second-order valence-corrected chi connectivity index (χ2v) is 7.11. The van der Waals surface area contributed by atoms with Crippen molar-refractivity contribution in [2.24, 2.45) is 11.3 Å². The second-order valence-electron chi connectivity index (χ2n) is 6.13. The van der Waals surface area contributed by atoms with Crippen LogP contribution in [0.15, 0.2) is 0 Å². The summed E-state index contributed by atoms with van der Waals surface area (Å²) in [6.45, 7) is 4.05. The van der Waals surface area contributed by atoms with Gasteiger partial charge in [-0.2, -0.15) is 0 Å². The summed E-state index contributed by atoms with van der Waals surface area (Å²) in [5.41, 5.74) is -0.136. The molecule has 1 atom stereocenters. The van der Waals surface area contributed by atoms with Crippen LogP contribution in [0.5, 0.6) is 0 Å². The highest BCUT2D eigenvalue weighted by atomic mass is 127. The molecule has 1 N–H and O–H groups in total. The highest BCUT2D eigenvalue weighted by Crippen LogP contribution is 2.68. The van der Waals surface area contributed by atoms with Gasteiger partial charge in [-0.05, 0) is 31.6 Å². The number of halogens is 1. The second kappa shape index (κ2) is 3.59. The predicted molar refractivity (Wildman–Crippen MR) is 71.9 cm³/mol. The van der Waals surface area contributed by atoms with Gasteiger partial charge in [0.25, 0.3) is 3.91 Å². The van der Waals surface area contributed by atoms with Gasteiger partial charge in [0, 0.05) is 41.2 Å². The third-order valence-corrected chi connectivity index (χ3v) is 4.83. The molecule has 1 saturated heterocycles. The van der Waals surface area contributed by atoms with Crippen LogP contribution in [0.25, 0.3) is 0 Å². The minimum absolute atomic E-state index is 0.00172. The van der Waals surface area contributed by atoms with Crippen LogP contribution >= 0.6 is 22.6 Å². The van der Waals surface area contributed by atoms with Crippen molar-refractivity contribution in [2.45, 2.75) is 38.1 Å². The average molecular weight is 348 g/mol. The fourth-order valence-electron chi connectivity index (χ4n) is 3.81. The molecule has 5 heteroatoms. The van der Waals surface area contributed by atoms with Gasteiger partial charge >= 0.3 is 0 Å². The standard InChI is InChI=1S/C12H17IN2O2/c1-8-2-3-15(4-8)9(16)11-5-12(6-11,7-11)14-10(13)17/h8H,2-7H2,1H3,(H,14,17). The molecular formula is C12H17IN2O2. The Labute approximate surface area is 115 Å². The van der Waals surface area contributed by atoms with Crippen molar-refractivity contribution in [1.29, 1.82) is 0 Å². The fraction of sp³-hybridized carbons (Fsp3) is 0.833. The summed E-state index contributed by atoms with van der Waals surface area (Å²) >= 11 is 1.77. The first-order valence-corrected chi connectivity index (χ1v) is 7.30. The van der Waals surface area contributed by atoms with Crippen LogP contribution in [0.2, 0.25) is 0 Å². The van der Waals surface area contributed by atoms with Crippen LogP contribution in [0.3, 0.4) is 0 Å². The normalized spacial score (nSPS) is 42.7. The highest BCUT2D eigenvalue weighted by Gasteiger charge is 2.72. The lowest BCUT2D eigenvalue weighted by Crippen LogP contribution is -2.78. The molecule has 0 aromatic carbocycles. The van der Waals surface area contributed by atoms with Crippen molar-refractivity contribution in [3.8, 4) is 0 Å². The molecule has 2 amide bonds. The highest BCUT2D eigenvalue weighted by molar-refractivity contribution is 14.1. The van der Waals surface area contributed by atoms with Gasteiger partial charge in [-0.3, -0.25) is 9.59 Å². The van der Waals surface area contributed by atoms with Crippen LogP contribution in [0.1, 0.15) is 32.6 Å². The van der Waals surface area contributed by atoms with Crippen LogP contribution in [-0.2, 0) is 4.79 Å². The van der Waals surface area contributed by atoms with Gasteiger partial charge < -0.3 is 10.2 Å². The summed E-state index contributed by atoms with van der Waals surface area (Å²) in [5.74, 6) is 0.987. The van der Waals surface area contributed by atoms with E-state index in [-0.39, 0.29) is 14.9 Å². The maximum Gasteiger partial charge on any atom is 0.281 e. The van der Waals surface area contributed by atoms with E-state index in [2.05, 4.69) is 12.2 Å². The predicted octanol–water partition coefficient (Wildman–Crippen LogP) is 1.92. The van der Waals surface area contributed by atoms with Crippen LogP contribution in [-0.4, -0.2) is 33.3 Å². The molecule has 1 unspecified atom stereocenters. The lowest BCUT2D eigenvalue weighted by molar-refractivity contribution is -0.187. The first kappa shape index (κ1) is 11.7. The third-order valence-electron chi connectivity index (χ3n) is 4.56. The van der Waals surface area contributed by atoms with E-state index >= 15 is 0 Å². The van der Waals surface area contributed by atoms with Gasteiger partial charge in [-0.1, -0.05) is 6.92 Å². The summed E-state index contributed by atoms with van der Waals surface area (Å²) in [4.78, 5) is 25.4. The quantitative estimate of drug-likeness (QED) is 0.471. The lowest BCUT2D eigenvalue weighted by atomic mass is 9.39. The molecule has 0 radical (unpaired) electrons. The van der Waals surface area contributed by atoms with Crippen LogP contribution in [0, 0.1) is 11.3 Å². The maximum atomic E-state index is 12.4. The largest absolute Gasteiger partial charge is 0.342 e. The minimum Gasteiger partial charge on any atom is -0.342 e. The molecule has 17 heavy (non-hydrogen) atoms. The van der Waals surface area contributed by atoms with E-state index in [1.54, 1.807) is 22.6 Å². The van der Waals surface area contributed by atoms with Gasteiger partial charge in [0.2, 0.25) is 5.91 Å². The summed E-state index contributed by atoms with van der Waals surface area (Å²) in [5, 5.41) is 2.98. The number of carbonyl (C=O) groups excluding carboxylic acids is 2. The van der Waals surface area contributed by atoms with Crippen molar-refractivity contribution < 1.29 is 9.59 Å². The molecule has 4 aliphatic rings. The van der Waals surface area contributed by atoms with Crippen LogP contribution in [0.4, 0.5) is 4.79 Å². The zero-order chi connectivity index (χ0) is 12.3. The molecule has 0 aromatic rings. The molecule has 1 heterocycles. The maximum absolute atomic E-state index is 12.4. The number of likely N-dealkylation sites (tertiary alicyclic amines) is 1. The molecule has 3 aliphatic carbocycles. The summed E-state index contributed by atoms with van der Waals surface area (Å²) < 4.78 is -0.00172. The Balaban J connectivity index is 1.59. The first-order chi connectivity index (χ1) is 7.95. The van der Waals surface area contributed by atoms with Gasteiger partial charge in [0.05, 0.1) is 5.41 Å². The van der Waals surface area contributed by atoms with E-state index in [0.717, 1.165) is 38.8 Å². The van der Waals surface area contributed by atoms with E-state index in [4.69, 9.17) is 0 Å². The summed E-state index contributed by atoms with van der Waals surface area (Å²) in [6, 6.07) is 0. The van der Waals surface area contributed by atoms with Gasteiger partial charge in [0.15, 0.2) is 0 Å². The molecule has 4 fully saturated rings. The Morgan fingerprint density at radius 2 is 2.00 bits per heavy atom. The fourth-order valence-corrected chi connectivity index (χ4v) is 4.38. The molecule has 4 nitrogen and oxygen atoms in total. The number of rotatable bonds is 2. The Bertz CT molecular complexity index is 376. The van der Waals surface area contributed by atoms with Crippen molar-refractivity contribution >= 4 is 32.4 Å². The van der Waals surface area contributed by atoms with Crippen molar-refractivity contribution in [3.63, 3.8) is 0 Å². The number of carbonyl (C=O) groups is 2. The monoisotopic (exact) mass is 348 g/mol. The third kappa shape index (κ3) is 1.69. The first-order valence-electron chi connectivity index (χ1n) is 6.22. The van der Waals surface area contributed by atoms with Gasteiger partial charge in [-0.15, -0.1) is 0 Å². The molecule has 4 rings (SSSR count). The Morgan fingerprint density at radius 3 is 2.47 bits per heavy atom. The molecular weight excluding hydrogens is 331 g/mol. The lowest BCUT2D eigenvalue weighted by Gasteiger charge is -2.69. The number of nitrogens with zero attached hydrogens (tertiary/aromatic N) is 1. The van der Waals surface area contributed by atoms with E-state index in [1.165, 1.54) is 0 Å². The van der Waals surface area contributed by atoms with E-state index < -0.39 is 0 Å². The van der Waals surface area contributed by atoms with Gasteiger partial charge in [-0.25, -0.2) is 0 Å². The number of hydrogen-bond donors (Lipinski definition) is 1. The number of amides is 2. The average Bonchev–Trinajstić information content (AvgIpc) is 2.54. The minimum atomic E-state index is -0.108. The molecule has 0 spiro atoms. The summed E-state index contributed by atoms with van der Waals surface area (Å²) in [7, 11) is 0. The van der Waals surface area contributed by atoms with Crippen molar-refractivity contribution in [3.05, 3.63) is 0 Å². The SMILES string of the molecule is CC1CCN(C(=O)C23CC(NC(=O)I)(C2)C3)C1. The van der Waals surface area contributed by atoms with E-state index in [9.17, 15) is 9.59 Å². The Hall–Kier alpha value is -0.330. The molecule has 94 valence electrons. The smallest absolute Gasteiger partial charge is 0.281 e. The number of hydrogen-bond acceptors (Lipinski definition) is 2. The topological polar surface area (TPSA) is 49.4 Å². The zero-order valence-corrected chi connectivity index (χ0v) is 12.1. The molecule has 3 saturated carbocycles. The zero-order valence-electron chi connectivity index (χ0n) is 9.96. The molecule has 1 aliphatic heterocycles. The Kier molecular flexibility index (Phi) is 2.48. The van der Waals surface area contributed by atoms with Gasteiger partial charge in [0.1, 0.15) is 0 Å². The summed E-state index contributed by atoms with van der Waals surface area (Å²) in [6.07, 6.45) is 3.72. The molecule has 2 bridgehead atoms. The number of nitrogens with one attached hydrogen (secondary N) is 1. The van der Waals surface area contributed by atoms with E-state index in [0.29, 0.717) is 11.8 Å².